The normalized spacial score (nSPS) is 12.0. The number of aromatic hydroxyl groups is 1. The van der Waals surface area contributed by atoms with Gasteiger partial charge in [-0.1, -0.05) is 29.8 Å². The third kappa shape index (κ3) is 3.39. The smallest absolute Gasteiger partial charge is 0.311 e. The van der Waals surface area contributed by atoms with Gasteiger partial charge in [0.05, 0.1) is 13.0 Å². The van der Waals surface area contributed by atoms with Crippen molar-refractivity contribution < 1.29 is 19.7 Å². The van der Waals surface area contributed by atoms with Gasteiger partial charge in [-0.25, -0.2) is 0 Å². The molecule has 4 nitrogen and oxygen atoms in total. The van der Waals surface area contributed by atoms with Crippen LogP contribution in [-0.4, -0.2) is 23.3 Å². The number of aryl methyl sites for hydroxylation is 2. The molecule has 2 rings (SSSR count). The summed E-state index contributed by atoms with van der Waals surface area (Å²) in [6, 6.07) is 10.7. The fourth-order valence-electron chi connectivity index (χ4n) is 2.65. The molecule has 2 N–H and O–H groups in total. The van der Waals surface area contributed by atoms with E-state index in [1.165, 1.54) is 7.11 Å². The molecule has 0 fully saturated rings. The maximum atomic E-state index is 11.7. The molecule has 0 saturated heterocycles. The van der Waals surface area contributed by atoms with Crippen molar-refractivity contribution in [1.82, 2.24) is 0 Å². The summed E-state index contributed by atoms with van der Waals surface area (Å²) in [5.74, 6) is -1.12. The molecule has 116 valence electrons. The van der Waals surface area contributed by atoms with Crippen molar-refractivity contribution in [3.05, 3.63) is 58.7 Å². The van der Waals surface area contributed by atoms with Crippen LogP contribution < -0.4 is 4.74 Å². The Morgan fingerprint density at radius 3 is 2.45 bits per heavy atom. The number of hydrogen-bond acceptors (Lipinski definition) is 3. The first-order valence-electron chi connectivity index (χ1n) is 7.08. The number of phenols is 1. The van der Waals surface area contributed by atoms with E-state index in [-0.39, 0.29) is 5.75 Å². The molecular weight excluding hydrogens is 280 g/mol. The Morgan fingerprint density at radius 2 is 1.91 bits per heavy atom. The van der Waals surface area contributed by atoms with Gasteiger partial charge in [0, 0.05) is 0 Å². The molecule has 4 heteroatoms. The topological polar surface area (TPSA) is 66.8 Å². The molecule has 0 aliphatic heterocycles. The van der Waals surface area contributed by atoms with Gasteiger partial charge < -0.3 is 14.9 Å². The molecule has 2 aromatic carbocycles. The highest BCUT2D eigenvalue weighted by Crippen LogP contribution is 2.30. The van der Waals surface area contributed by atoms with Gasteiger partial charge in [-0.15, -0.1) is 0 Å². The van der Waals surface area contributed by atoms with E-state index in [2.05, 4.69) is 0 Å². The highest BCUT2D eigenvalue weighted by atomic mass is 16.5. The van der Waals surface area contributed by atoms with E-state index >= 15 is 0 Å². The van der Waals surface area contributed by atoms with Gasteiger partial charge in [-0.3, -0.25) is 4.79 Å². The van der Waals surface area contributed by atoms with Crippen LogP contribution in [0.15, 0.2) is 36.4 Å². The maximum absolute atomic E-state index is 11.7. The van der Waals surface area contributed by atoms with E-state index < -0.39 is 11.9 Å². The summed E-state index contributed by atoms with van der Waals surface area (Å²) in [6.07, 6.45) is 0.316. The number of hydrogen-bond donors (Lipinski definition) is 2. The van der Waals surface area contributed by atoms with Gasteiger partial charge in [0.1, 0.15) is 0 Å². The Bertz CT molecular complexity index is 691. The van der Waals surface area contributed by atoms with Crippen molar-refractivity contribution in [3.8, 4) is 11.5 Å². The molecule has 0 radical (unpaired) electrons. The molecule has 1 unspecified atom stereocenters. The summed E-state index contributed by atoms with van der Waals surface area (Å²) < 4.78 is 5.00. The second-order valence-electron chi connectivity index (χ2n) is 5.46. The van der Waals surface area contributed by atoms with Crippen LogP contribution in [0.2, 0.25) is 0 Å². The number of carboxylic acids is 1. The Labute approximate surface area is 130 Å². The average Bonchev–Trinajstić information content (AvgIpc) is 2.45. The Hall–Kier alpha value is -2.49. The Balaban J connectivity index is 2.33. The minimum absolute atomic E-state index is 0.0183. The van der Waals surface area contributed by atoms with Gasteiger partial charge in [0.15, 0.2) is 11.5 Å². The van der Waals surface area contributed by atoms with Crippen molar-refractivity contribution >= 4 is 5.97 Å². The van der Waals surface area contributed by atoms with Crippen molar-refractivity contribution in [2.45, 2.75) is 26.2 Å². The zero-order valence-electron chi connectivity index (χ0n) is 13.0. The number of methoxy groups -OCH3 is 1. The summed E-state index contributed by atoms with van der Waals surface area (Å²) in [4.78, 5) is 11.7. The second kappa shape index (κ2) is 6.52. The molecule has 0 saturated carbocycles. The third-order valence-corrected chi connectivity index (χ3v) is 3.78. The molecule has 0 aliphatic carbocycles. The molecule has 0 aromatic heterocycles. The molecule has 0 amide bonds. The zero-order chi connectivity index (χ0) is 16.3. The van der Waals surface area contributed by atoms with Crippen LogP contribution >= 0.6 is 0 Å². The Kier molecular flexibility index (Phi) is 4.71. The first-order chi connectivity index (χ1) is 10.4. The highest BCUT2D eigenvalue weighted by Gasteiger charge is 2.22. The van der Waals surface area contributed by atoms with E-state index in [0.29, 0.717) is 12.2 Å². The minimum atomic E-state index is -0.873. The fourth-order valence-corrected chi connectivity index (χ4v) is 2.65. The maximum Gasteiger partial charge on any atom is 0.311 e. The predicted octanol–water partition coefficient (Wildman–Crippen LogP) is 3.43. The van der Waals surface area contributed by atoms with Crippen LogP contribution in [0.3, 0.4) is 0 Å². The Morgan fingerprint density at radius 1 is 1.18 bits per heavy atom. The largest absolute Gasteiger partial charge is 0.504 e. The zero-order valence-corrected chi connectivity index (χ0v) is 13.0. The number of ether oxygens (including phenoxy) is 1. The van der Waals surface area contributed by atoms with Gasteiger partial charge in [0.25, 0.3) is 0 Å². The lowest BCUT2D eigenvalue weighted by Crippen LogP contribution is -2.15. The van der Waals surface area contributed by atoms with E-state index in [0.717, 1.165) is 22.3 Å². The lowest BCUT2D eigenvalue weighted by Gasteiger charge is -2.16. The van der Waals surface area contributed by atoms with Crippen molar-refractivity contribution in [3.63, 3.8) is 0 Å². The quantitative estimate of drug-likeness (QED) is 0.888. The number of phenolic OH excluding ortho intramolecular Hbond substituents is 1. The van der Waals surface area contributed by atoms with Gasteiger partial charge in [0.2, 0.25) is 0 Å². The number of rotatable bonds is 5. The van der Waals surface area contributed by atoms with E-state index in [4.69, 9.17) is 4.74 Å². The lowest BCUT2D eigenvalue weighted by molar-refractivity contribution is -0.138. The average molecular weight is 300 g/mol. The molecule has 2 aromatic rings. The van der Waals surface area contributed by atoms with E-state index in [1.54, 1.807) is 18.2 Å². The summed E-state index contributed by atoms with van der Waals surface area (Å²) in [7, 11) is 1.48. The first kappa shape index (κ1) is 15.9. The fraction of sp³-hybridized carbons (Fsp3) is 0.278. The molecule has 0 bridgehead atoms. The predicted molar refractivity (Wildman–Crippen MR) is 84.7 cm³/mol. The summed E-state index contributed by atoms with van der Waals surface area (Å²) in [5.41, 5.74) is 3.62. The van der Waals surface area contributed by atoms with Crippen LogP contribution in [0.4, 0.5) is 0 Å². The molecular formula is C18H20O4. The van der Waals surface area contributed by atoms with Crippen LogP contribution in [0.1, 0.15) is 28.2 Å². The highest BCUT2D eigenvalue weighted by molar-refractivity contribution is 5.77. The standard InChI is InChI=1S/C18H20O4/c1-11-4-6-14(12(2)8-11)15(18(20)21)9-13-5-7-17(22-3)16(19)10-13/h4-8,10,15,19H,9H2,1-3H3,(H,20,21). The third-order valence-electron chi connectivity index (χ3n) is 3.78. The summed E-state index contributed by atoms with van der Waals surface area (Å²) >= 11 is 0. The van der Waals surface area contributed by atoms with Crippen LogP contribution in [-0.2, 0) is 11.2 Å². The number of carboxylic acid groups (broad SMARTS) is 1. The van der Waals surface area contributed by atoms with Crippen molar-refractivity contribution in [2.24, 2.45) is 0 Å². The summed E-state index contributed by atoms with van der Waals surface area (Å²) in [6.45, 7) is 3.90. The van der Waals surface area contributed by atoms with Crippen LogP contribution in [0.5, 0.6) is 11.5 Å². The number of carbonyl (C=O) groups is 1. The van der Waals surface area contributed by atoms with Crippen molar-refractivity contribution in [2.75, 3.05) is 7.11 Å². The lowest BCUT2D eigenvalue weighted by atomic mass is 9.88. The second-order valence-corrected chi connectivity index (χ2v) is 5.46. The molecule has 1 atom stereocenters. The number of aliphatic carboxylic acids is 1. The molecule has 0 heterocycles. The van der Waals surface area contributed by atoms with Gasteiger partial charge in [-0.2, -0.15) is 0 Å². The van der Waals surface area contributed by atoms with Gasteiger partial charge in [-0.05, 0) is 49.1 Å². The SMILES string of the molecule is COc1ccc(CC(C(=O)O)c2ccc(C)cc2C)cc1O. The van der Waals surface area contributed by atoms with Crippen LogP contribution in [0.25, 0.3) is 0 Å². The molecule has 22 heavy (non-hydrogen) atoms. The molecule has 0 aliphatic rings. The first-order valence-corrected chi connectivity index (χ1v) is 7.08. The number of benzene rings is 2. The molecule has 0 spiro atoms. The van der Waals surface area contributed by atoms with Crippen LogP contribution in [0, 0.1) is 13.8 Å². The minimum Gasteiger partial charge on any atom is -0.504 e. The summed E-state index contributed by atoms with van der Waals surface area (Å²) in [5, 5.41) is 19.4. The van der Waals surface area contributed by atoms with E-state index in [9.17, 15) is 15.0 Å². The van der Waals surface area contributed by atoms with Crippen molar-refractivity contribution in [1.29, 1.82) is 0 Å². The monoisotopic (exact) mass is 300 g/mol. The van der Waals surface area contributed by atoms with Gasteiger partial charge >= 0.3 is 5.97 Å². The van der Waals surface area contributed by atoms with E-state index in [1.807, 2.05) is 32.0 Å².